The van der Waals surface area contributed by atoms with Crippen LogP contribution < -0.4 is 5.32 Å². The number of carbonyl (C=O) groups excluding carboxylic acids is 2. The fourth-order valence-electron chi connectivity index (χ4n) is 6.59. The number of aromatic nitrogens is 1. The fraction of sp³-hybridized carbons (Fsp3) is 0.389. The van der Waals surface area contributed by atoms with Crippen molar-refractivity contribution in [2.75, 3.05) is 39.4 Å². The molecule has 2 atom stereocenters. The van der Waals surface area contributed by atoms with Crippen LogP contribution in [0.1, 0.15) is 46.7 Å². The SMILES string of the molecule is Cc1ccc(CN2C(=O)CC(Sc3ccc(C)cc3C)(C(=O)NCCCN3CCOCC3)C2c2c[nH]c3cc(Cl)ccc23)cc1. The summed E-state index contributed by atoms with van der Waals surface area (Å²) in [6, 6.07) is 19.8. The Morgan fingerprint density at radius 3 is 2.56 bits per heavy atom. The molecule has 2 fully saturated rings. The normalized spacial score (nSPS) is 20.7. The molecule has 1 aromatic heterocycles. The van der Waals surface area contributed by atoms with Gasteiger partial charge in [0, 0.05) is 58.8 Å². The third-order valence-corrected chi connectivity index (χ3v) is 10.8. The van der Waals surface area contributed by atoms with E-state index in [1.807, 2.05) is 29.3 Å². The lowest BCUT2D eigenvalue weighted by Gasteiger charge is -2.37. The Kier molecular flexibility index (Phi) is 9.57. The van der Waals surface area contributed by atoms with Gasteiger partial charge in [0.05, 0.1) is 25.7 Å². The van der Waals surface area contributed by atoms with Crippen LogP contribution in [0.15, 0.2) is 71.8 Å². The van der Waals surface area contributed by atoms with Gasteiger partial charge < -0.3 is 19.9 Å². The van der Waals surface area contributed by atoms with E-state index in [1.165, 1.54) is 11.8 Å². The van der Waals surface area contributed by atoms with Crippen LogP contribution in [-0.2, 0) is 20.9 Å². The number of carbonyl (C=O) groups is 2. The second-order valence-corrected chi connectivity index (χ2v) is 14.2. The van der Waals surface area contributed by atoms with E-state index in [0.29, 0.717) is 18.1 Å². The van der Waals surface area contributed by atoms with Gasteiger partial charge in [0.15, 0.2) is 0 Å². The lowest BCUT2D eigenvalue weighted by Crippen LogP contribution is -2.49. The van der Waals surface area contributed by atoms with E-state index in [4.69, 9.17) is 16.3 Å². The first-order valence-corrected chi connectivity index (χ1v) is 16.9. The van der Waals surface area contributed by atoms with Crippen LogP contribution in [-0.4, -0.2) is 70.7 Å². The highest BCUT2D eigenvalue weighted by atomic mass is 35.5. The first kappa shape index (κ1) is 31.7. The van der Waals surface area contributed by atoms with Gasteiger partial charge in [-0.2, -0.15) is 0 Å². The molecule has 2 saturated heterocycles. The standard InChI is InChI=1S/C36H41ClN4O3S/c1-24-5-8-27(9-6-24)23-41-33(42)21-36(45-32-12-7-25(2)19-26(32)3,35(43)38-13-4-14-40-15-17-44-18-16-40)34(41)30-22-39-31-20-28(37)10-11-29(30)31/h5-12,19-20,22,34,39H,4,13-18,21,23H2,1-3H3,(H,38,43). The van der Waals surface area contributed by atoms with E-state index in [1.54, 1.807) is 0 Å². The van der Waals surface area contributed by atoms with Crippen LogP contribution in [0.25, 0.3) is 10.9 Å². The molecule has 0 radical (unpaired) electrons. The molecule has 7 nitrogen and oxygen atoms in total. The molecule has 2 unspecified atom stereocenters. The number of hydrogen-bond donors (Lipinski definition) is 2. The van der Waals surface area contributed by atoms with Crippen molar-refractivity contribution in [3.05, 3.63) is 99.7 Å². The highest BCUT2D eigenvalue weighted by molar-refractivity contribution is 8.01. The predicted molar refractivity (Wildman–Crippen MR) is 182 cm³/mol. The fourth-order valence-corrected chi connectivity index (χ4v) is 8.23. The van der Waals surface area contributed by atoms with Crippen molar-refractivity contribution in [3.63, 3.8) is 0 Å². The monoisotopic (exact) mass is 644 g/mol. The number of benzene rings is 3. The minimum absolute atomic E-state index is 0.0374. The van der Waals surface area contributed by atoms with Gasteiger partial charge in [0.1, 0.15) is 4.75 Å². The lowest BCUT2D eigenvalue weighted by atomic mass is 9.91. The zero-order valence-corrected chi connectivity index (χ0v) is 27.8. The zero-order chi connectivity index (χ0) is 31.6. The molecule has 0 saturated carbocycles. The maximum Gasteiger partial charge on any atom is 0.239 e. The van der Waals surface area contributed by atoms with Crippen molar-refractivity contribution in [1.29, 1.82) is 0 Å². The molecule has 2 amide bonds. The Hall–Kier alpha value is -3.30. The summed E-state index contributed by atoms with van der Waals surface area (Å²) in [6.07, 6.45) is 2.87. The number of nitrogens with one attached hydrogen (secondary N) is 2. The van der Waals surface area contributed by atoms with Crippen molar-refractivity contribution in [3.8, 4) is 0 Å². The number of halogens is 1. The maximum atomic E-state index is 14.7. The summed E-state index contributed by atoms with van der Waals surface area (Å²) >= 11 is 7.89. The first-order chi connectivity index (χ1) is 21.7. The molecular formula is C36H41ClN4O3S. The summed E-state index contributed by atoms with van der Waals surface area (Å²) in [4.78, 5) is 37.6. The molecule has 2 N–H and O–H groups in total. The smallest absolute Gasteiger partial charge is 0.239 e. The van der Waals surface area contributed by atoms with Crippen molar-refractivity contribution in [2.45, 2.75) is 55.8 Å². The van der Waals surface area contributed by atoms with Crippen molar-refractivity contribution in [2.24, 2.45) is 0 Å². The molecule has 6 rings (SSSR count). The number of hydrogen-bond acceptors (Lipinski definition) is 5. The maximum absolute atomic E-state index is 14.7. The minimum atomic E-state index is -1.10. The highest BCUT2D eigenvalue weighted by Crippen LogP contribution is 2.54. The Bertz CT molecular complexity index is 1680. The third kappa shape index (κ3) is 6.80. The molecule has 45 heavy (non-hydrogen) atoms. The van der Waals surface area contributed by atoms with Crippen molar-refractivity contribution in [1.82, 2.24) is 20.1 Å². The number of thioether (sulfide) groups is 1. The summed E-state index contributed by atoms with van der Waals surface area (Å²) in [7, 11) is 0. The number of rotatable bonds is 10. The number of fused-ring (bicyclic) bond motifs is 1. The Morgan fingerprint density at radius 1 is 1.04 bits per heavy atom. The van der Waals surface area contributed by atoms with E-state index in [-0.39, 0.29) is 18.2 Å². The number of ether oxygens (including phenoxy) is 1. The largest absolute Gasteiger partial charge is 0.379 e. The number of likely N-dealkylation sites (tertiary alicyclic amines) is 1. The van der Waals surface area contributed by atoms with Crippen LogP contribution in [0.5, 0.6) is 0 Å². The van der Waals surface area contributed by atoms with Crippen molar-refractivity contribution >= 4 is 46.1 Å². The van der Waals surface area contributed by atoms with Gasteiger partial charge in [0.25, 0.3) is 0 Å². The Balaban J connectivity index is 1.41. The van der Waals surface area contributed by atoms with Crippen LogP contribution in [0.2, 0.25) is 5.02 Å². The average Bonchev–Trinajstić information content (AvgIpc) is 3.55. The summed E-state index contributed by atoms with van der Waals surface area (Å²) in [5.41, 5.74) is 6.23. The number of morpholine rings is 1. The van der Waals surface area contributed by atoms with Gasteiger partial charge in [-0.25, -0.2) is 0 Å². The predicted octanol–water partition coefficient (Wildman–Crippen LogP) is 6.59. The second-order valence-electron chi connectivity index (χ2n) is 12.3. The summed E-state index contributed by atoms with van der Waals surface area (Å²) in [5.74, 6) is -0.146. The Morgan fingerprint density at radius 2 is 1.80 bits per heavy atom. The summed E-state index contributed by atoms with van der Waals surface area (Å²) in [5, 5.41) is 4.88. The third-order valence-electron chi connectivity index (χ3n) is 8.98. The molecule has 4 aromatic rings. The van der Waals surface area contributed by atoms with E-state index < -0.39 is 10.8 Å². The molecule has 3 aromatic carbocycles. The zero-order valence-electron chi connectivity index (χ0n) is 26.2. The number of aromatic amines is 1. The van der Waals surface area contributed by atoms with Crippen LogP contribution in [0, 0.1) is 20.8 Å². The van der Waals surface area contributed by atoms with Crippen molar-refractivity contribution < 1.29 is 14.3 Å². The first-order valence-electron chi connectivity index (χ1n) is 15.7. The quantitative estimate of drug-likeness (QED) is 0.191. The average molecular weight is 645 g/mol. The number of H-pyrrole nitrogens is 1. The number of nitrogens with zero attached hydrogens (tertiary/aromatic N) is 2. The number of aryl methyl sites for hydroxylation is 3. The van der Waals surface area contributed by atoms with Crippen LogP contribution >= 0.6 is 23.4 Å². The van der Waals surface area contributed by atoms with Gasteiger partial charge in [-0.1, -0.05) is 65.2 Å². The molecule has 0 spiro atoms. The summed E-state index contributed by atoms with van der Waals surface area (Å²) in [6.45, 7) is 11.4. The molecule has 0 bridgehead atoms. The van der Waals surface area contributed by atoms with Gasteiger partial charge in [-0.15, -0.1) is 11.8 Å². The molecule has 236 valence electrons. The summed E-state index contributed by atoms with van der Waals surface area (Å²) < 4.78 is 4.39. The molecular weight excluding hydrogens is 604 g/mol. The molecule has 2 aliphatic heterocycles. The molecule has 2 aliphatic rings. The topological polar surface area (TPSA) is 77.7 Å². The number of amides is 2. The van der Waals surface area contributed by atoms with E-state index in [0.717, 1.165) is 82.9 Å². The molecule has 0 aliphatic carbocycles. The van der Waals surface area contributed by atoms with E-state index in [9.17, 15) is 9.59 Å². The van der Waals surface area contributed by atoms with Gasteiger partial charge in [0.2, 0.25) is 11.8 Å². The van der Waals surface area contributed by atoms with Gasteiger partial charge >= 0.3 is 0 Å². The van der Waals surface area contributed by atoms with Gasteiger partial charge in [-0.05, 0) is 63.1 Å². The van der Waals surface area contributed by atoms with E-state index >= 15 is 0 Å². The molecule has 3 heterocycles. The lowest BCUT2D eigenvalue weighted by molar-refractivity contribution is -0.129. The van der Waals surface area contributed by atoms with Gasteiger partial charge in [-0.3, -0.25) is 14.5 Å². The van der Waals surface area contributed by atoms with E-state index in [2.05, 4.69) is 78.4 Å². The minimum Gasteiger partial charge on any atom is -0.379 e. The second kappa shape index (κ2) is 13.6. The Labute approximate surface area is 274 Å². The molecule has 9 heteroatoms. The van der Waals surface area contributed by atoms with Crippen LogP contribution in [0.4, 0.5) is 0 Å². The van der Waals surface area contributed by atoms with Crippen LogP contribution in [0.3, 0.4) is 0 Å². The highest BCUT2D eigenvalue weighted by Gasteiger charge is 2.58.